The van der Waals surface area contributed by atoms with Crippen LogP contribution < -0.4 is 15.0 Å². The number of hydrogen-bond donors (Lipinski definition) is 1. The van der Waals surface area contributed by atoms with E-state index in [0.29, 0.717) is 17.0 Å². The highest BCUT2D eigenvalue weighted by Crippen LogP contribution is 2.29. The number of rotatable bonds is 3. The average Bonchev–Trinajstić information content (AvgIpc) is 2.60. The van der Waals surface area contributed by atoms with E-state index in [9.17, 15) is 9.59 Å². The molecule has 0 unspecified atom stereocenters. The minimum Gasteiger partial charge on any atom is -0.408 e. The summed E-state index contributed by atoms with van der Waals surface area (Å²) in [5, 5.41) is 2.40. The molecule has 2 rings (SSSR count). The first-order valence-corrected chi connectivity index (χ1v) is 8.11. The van der Waals surface area contributed by atoms with E-state index in [4.69, 9.17) is 4.74 Å². The first kappa shape index (κ1) is 18.5. The van der Waals surface area contributed by atoms with E-state index in [0.717, 1.165) is 5.56 Å². The highest BCUT2D eigenvalue weighted by molar-refractivity contribution is 6.06. The van der Waals surface area contributed by atoms with Crippen molar-refractivity contribution < 1.29 is 14.3 Å². The Balaban J connectivity index is 2.27. The number of nitrogens with zero attached hydrogens (tertiary/aromatic N) is 1. The fourth-order valence-corrected chi connectivity index (χ4v) is 2.39. The molecule has 0 aromatic heterocycles. The van der Waals surface area contributed by atoms with E-state index in [1.165, 1.54) is 11.9 Å². The van der Waals surface area contributed by atoms with Crippen molar-refractivity contribution >= 4 is 17.7 Å². The van der Waals surface area contributed by atoms with Crippen molar-refractivity contribution in [2.75, 3.05) is 19.0 Å². The highest BCUT2D eigenvalue weighted by Gasteiger charge is 2.19. The quantitative estimate of drug-likeness (QED) is 0.919. The van der Waals surface area contributed by atoms with E-state index in [1.807, 2.05) is 24.3 Å². The zero-order valence-corrected chi connectivity index (χ0v) is 15.3. The number of benzene rings is 2. The molecular formula is C20H24N2O3. The zero-order chi connectivity index (χ0) is 18.6. The monoisotopic (exact) mass is 340 g/mol. The zero-order valence-electron chi connectivity index (χ0n) is 15.3. The van der Waals surface area contributed by atoms with Gasteiger partial charge in [-0.05, 0) is 35.2 Å². The predicted molar refractivity (Wildman–Crippen MR) is 99.4 cm³/mol. The largest absolute Gasteiger partial charge is 0.412 e. The molecular weight excluding hydrogens is 316 g/mol. The van der Waals surface area contributed by atoms with Gasteiger partial charge in [0, 0.05) is 19.7 Å². The van der Waals surface area contributed by atoms with Gasteiger partial charge in [0.15, 0.2) is 5.75 Å². The molecule has 25 heavy (non-hydrogen) atoms. The van der Waals surface area contributed by atoms with Crippen molar-refractivity contribution in [3.8, 4) is 5.75 Å². The van der Waals surface area contributed by atoms with E-state index in [2.05, 4.69) is 26.1 Å². The normalized spacial score (nSPS) is 10.9. The van der Waals surface area contributed by atoms with E-state index in [-0.39, 0.29) is 11.3 Å². The molecule has 0 fully saturated rings. The standard InChI is InChI=1S/C20H24N2O3/c1-20(2,3)15-12-10-14(11-13-15)18(23)22(5)16-8-6-7-9-17(16)25-19(24)21-4/h6-13H,1-5H3,(H,21,24). The number of amides is 2. The summed E-state index contributed by atoms with van der Waals surface area (Å²) in [7, 11) is 3.14. The Hall–Kier alpha value is -2.82. The maximum atomic E-state index is 12.8. The Kier molecular flexibility index (Phi) is 5.47. The van der Waals surface area contributed by atoms with Crippen molar-refractivity contribution in [2.24, 2.45) is 0 Å². The van der Waals surface area contributed by atoms with Crippen LogP contribution >= 0.6 is 0 Å². The van der Waals surface area contributed by atoms with Crippen LogP contribution in [0.5, 0.6) is 5.75 Å². The third-order valence-electron chi connectivity index (χ3n) is 3.94. The molecule has 2 amide bonds. The van der Waals surface area contributed by atoms with Gasteiger partial charge in [-0.3, -0.25) is 4.79 Å². The van der Waals surface area contributed by atoms with Crippen molar-refractivity contribution in [3.63, 3.8) is 0 Å². The first-order valence-electron chi connectivity index (χ1n) is 8.11. The Morgan fingerprint density at radius 3 is 2.16 bits per heavy atom. The number of hydrogen-bond acceptors (Lipinski definition) is 3. The Morgan fingerprint density at radius 1 is 1.00 bits per heavy atom. The third-order valence-corrected chi connectivity index (χ3v) is 3.94. The second kappa shape index (κ2) is 7.38. The average molecular weight is 340 g/mol. The molecule has 0 aliphatic rings. The molecule has 0 atom stereocenters. The summed E-state index contributed by atoms with van der Waals surface area (Å²) in [4.78, 5) is 25.8. The van der Waals surface area contributed by atoms with Crippen LogP contribution in [0, 0.1) is 0 Å². The summed E-state index contributed by atoms with van der Waals surface area (Å²) in [6.07, 6.45) is -0.581. The number of nitrogens with one attached hydrogen (secondary N) is 1. The molecule has 0 heterocycles. The van der Waals surface area contributed by atoms with E-state index >= 15 is 0 Å². The van der Waals surface area contributed by atoms with Crippen molar-refractivity contribution in [1.82, 2.24) is 5.32 Å². The Morgan fingerprint density at radius 2 is 1.60 bits per heavy atom. The molecule has 0 saturated carbocycles. The number of para-hydroxylation sites is 2. The second-order valence-electron chi connectivity index (χ2n) is 6.80. The van der Waals surface area contributed by atoms with Crippen LogP contribution in [0.15, 0.2) is 48.5 Å². The van der Waals surface area contributed by atoms with Gasteiger partial charge < -0.3 is 15.0 Å². The van der Waals surface area contributed by atoms with Crippen LogP contribution in [0.3, 0.4) is 0 Å². The third kappa shape index (κ3) is 4.38. The lowest BCUT2D eigenvalue weighted by molar-refractivity contribution is 0.0992. The smallest absolute Gasteiger partial charge is 0.408 e. The van der Waals surface area contributed by atoms with E-state index in [1.54, 1.807) is 31.3 Å². The first-order chi connectivity index (χ1) is 11.7. The topological polar surface area (TPSA) is 58.6 Å². The van der Waals surface area contributed by atoms with Crippen LogP contribution in [0.25, 0.3) is 0 Å². The molecule has 2 aromatic carbocycles. The molecule has 5 nitrogen and oxygen atoms in total. The van der Waals surface area contributed by atoms with Gasteiger partial charge in [-0.25, -0.2) is 4.79 Å². The number of carbonyl (C=O) groups excluding carboxylic acids is 2. The van der Waals surface area contributed by atoms with Crippen molar-refractivity contribution in [1.29, 1.82) is 0 Å². The SMILES string of the molecule is CNC(=O)Oc1ccccc1N(C)C(=O)c1ccc(C(C)(C)C)cc1. The van der Waals surface area contributed by atoms with Crippen LogP contribution in [0.1, 0.15) is 36.7 Å². The summed E-state index contributed by atoms with van der Waals surface area (Å²) < 4.78 is 5.22. The van der Waals surface area contributed by atoms with Crippen LogP contribution in [-0.4, -0.2) is 26.1 Å². The highest BCUT2D eigenvalue weighted by atomic mass is 16.6. The number of carbonyl (C=O) groups is 2. The molecule has 0 aliphatic heterocycles. The van der Waals surface area contributed by atoms with Gasteiger partial charge in [0.1, 0.15) is 0 Å². The Bertz CT molecular complexity index is 761. The molecule has 132 valence electrons. The lowest BCUT2D eigenvalue weighted by Crippen LogP contribution is -2.28. The predicted octanol–water partition coefficient (Wildman–Crippen LogP) is 3.98. The fraction of sp³-hybridized carbons (Fsp3) is 0.300. The minimum atomic E-state index is -0.581. The second-order valence-corrected chi connectivity index (χ2v) is 6.80. The van der Waals surface area contributed by atoms with Gasteiger partial charge in [-0.2, -0.15) is 0 Å². The van der Waals surface area contributed by atoms with Gasteiger partial charge in [0.05, 0.1) is 5.69 Å². The molecule has 2 aromatic rings. The summed E-state index contributed by atoms with van der Waals surface area (Å²) >= 11 is 0. The summed E-state index contributed by atoms with van der Waals surface area (Å²) in [6.45, 7) is 6.38. The van der Waals surface area contributed by atoms with Crippen molar-refractivity contribution in [3.05, 3.63) is 59.7 Å². The lowest BCUT2D eigenvalue weighted by Gasteiger charge is -2.22. The minimum absolute atomic E-state index is 0.0292. The molecule has 5 heteroatoms. The maximum Gasteiger partial charge on any atom is 0.412 e. The summed E-state index contributed by atoms with van der Waals surface area (Å²) in [5.41, 5.74) is 2.29. The molecule has 0 bridgehead atoms. The molecule has 0 radical (unpaired) electrons. The molecule has 1 N–H and O–H groups in total. The maximum absolute atomic E-state index is 12.8. The van der Waals surface area contributed by atoms with Gasteiger partial charge >= 0.3 is 6.09 Å². The van der Waals surface area contributed by atoms with Gasteiger partial charge in [-0.15, -0.1) is 0 Å². The molecule has 0 aliphatic carbocycles. The molecule has 0 spiro atoms. The fourth-order valence-electron chi connectivity index (χ4n) is 2.39. The lowest BCUT2D eigenvalue weighted by atomic mass is 9.86. The number of anilines is 1. The van der Waals surface area contributed by atoms with Crippen LogP contribution in [0.4, 0.5) is 10.5 Å². The Labute approximate surface area is 148 Å². The van der Waals surface area contributed by atoms with Gasteiger partial charge in [-0.1, -0.05) is 45.0 Å². The van der Waals surface area contributed by atoms with Crippen molar-refractivity contribution in [2.45, 2.75) is 26.2 Å². The number of ether oxygens (including phenoxy) is 1. The van der Waals surface area contributed by atoms with E-state index < -0.39 is 6.09 Å². The van der Waals surface area contributed by atoms with Gasteiger partial charge in [0.2, 0.25) is 0 Å². The summed E-state index contributed by atoms with van der Waals surface area (Å²) in [6, 6.07) is 14.5. The van der Waals surface area contributed by atoms with Crippen LogP contribution in [-0.2, 0) is 5.41 Å². The van der Waals surface area contributed by atoms with Crippen LogP contribution in [0.2, 0.25) is 0 Å². The summed E-state index contributed by atoms with van der Waals surface area (Å²) in [5.74, 6) is 0.150. The van der Waals surface area contributed by atoms with Gasteiger partial charge in [0.25, 0.3) is 5.91 Å². The molecule has 0 saturated heterocycles.